The Labute approximate surface area is 103 Å². The molecule has 1 aromatic rings. The van der Waals surface area contributed by atoms with E-state index in [4.69, 9.17) is 0 Å². The molecule has 2 fully saturated rings. The minimum absolute atomic E-state index is 0.0883. The lowest BCUT2D eigenvalue weighted by atomic mass is 9.86. The zero-order valence-electron chi connectivity index (χ0n) is 10.5. The minimum atomic E-state index is 0.0883. The summed E-state index contributed by atoms with van der Waals surface area (Å²) in [5, 5.41) is 13.1. The van der Waals surface area contributed by atoms with Crippen molar-refractivity contribution in [3.8, 4) is 0 Å². The molecular formula is C15H21NO. The Morgan fingerprint density at radius 1 is 1.24 bits per heavy atom. The summed E-state index contributed by atoms with van der Waals surface area (Å²) >= 11 is 0. The van der Waals surface area contributed by atoms with E-state index < -0.39 is 0 Å². The van der Waals surface area contributed by atoms with Gasteiger partial charge in [-0.05, 0) is 50.3 Å². The van der Waals surface area contributed by atoms with Gasteiger partial charge < -0.3 is 10.4 Å². The molecule has 17 heavy (non-hydrogen) atoms. The monoisotopic (exact) mass is 231 g/mol. The Balaban J connectivity index is 1.94. The van der Waals surface area contributed by atoms with E-state index in [1.807, 2.05) is 0 Å². The molecule has 2 N–H and O–H groups in total. The van der Waals surface area contributed by atoms with Crippen LogP contribution in [0.4, 0.5) is 0 Å². The SMILES string of the molecule is CC1(c2cccc(C3(CO)CC3)c2)CCCN1. The number of benzene rings is 1. The predicted octanol–water partition coefficient (Wildman–Crippen LogP) is 2.31. The smallest absolute Gasteiger partial charge is 0.0527 e. The first-order valence-electron chi connectivity index (χ1n) is 6.66. The summed E-state index contributed by atoms with van der Waals surface area (Å²) in [6.07, 6.45) is 4.74. The van der Waals surface area contributed by atoms with Gasteiger partial charge in [0.2, 0.25) is 0 Å². The van der Waals surface area contributed by atoms with Crippen LogP contribution in [0.2, 0.25) is 0 Å². The van der Waals surface area contributed by atoms with E-state index >= 15 is 0 Å². The molecular weight excluding hydrogens is 210 g/mol. The quantitative estimate of drug-likeness (QED) is 0.836. The van der Waals surface area contributed by atoms with Crippen LogP contribution in [0.5, 0.6) is 0 Å². The van der Waals surface area contributed by atoms with E-state index in [1.165, 1.54) is 24.0 Å². The van der Waals surface area contributed by atoms with Crippen molar-refractivity contribution in [2.45, 2.75) is 43.6 Å². The average molecular weight is 231 g/mol. The summed E-state index contributed by atoms with van der Waals surface area (Å²) in [7, 11) is 0. The molecule has 2 aliphatic rings. The van der Waals surface area contributed by atoms with Crippen molar-refractivity contribution in [2.24, 2.45) is 0 Å². The van der Waals surface area contributed by atoms with Gasteiger partial charge in [0.25, 0.3) is 0 Å². The molecule has 1 unspecified atom stereocenters. The summed E-state index contributed by atoms with van der Waals surface area (Å²) in [6, 6.07) is 8.84. The summed E-state index contributed by atoms with van der Waals surface area (Å²) in [6.45, 7) is 3.70. The molecule has 1 atom stereocenters. The highest BCUT2D eigenvalue weighted by atomic mass is 16.3. The molecule has 1 aromatic carbocycles. The molecule has 0 aromatic heterocycles. The molecule has 1 heterocycles. The molecule has 0 bridgehead atoms. The third kappa shape index (κ3) is 1.80. The first kappa shape index (κ1) is 11.2. The summed E-state index contributed by atoms with van der Waals surface area (Å²) in [5.41, 5.74) is 2.94. The lowest BCUT2D eigenvalue weighted by Gasteiger charge is -2.26. The molecule has 3 rings (SSSR count). The molecule has 92 valence electrons. The van der Waals surface area contributed by atoms with Crippen molar-refractivity contribution in [1.29, 1.82) is 0 Å². The van der Waals surface area contributed by atoms with Gasteiger partial charge in [-0.25, -0.2) is 0 Å². The highest BCUT2D eigenvalue weighted by Gasteiger charge is 2.44. The van der Waals surface area contributed by atoms with Crippen LogP contribution in [0, 0.1) is 0 Å². The Kier molecular flexibility index (Phi) is 2.53. The van der Waals surface area contributed by atoms with Gasteiger partial charge in [0, 0.05) is 11.0 Å². The summed E-state index contributed by atoms with van der Waals surface area (Å²) in [5.74, 6) is 0. The Morgan fingerprint density at radius 2 is 2.00 bits per heavy atom. The topological polar surface area (TPSA) is 32.3 Å². The summed E-state index contributed by atoms with van der Waals surface area (Å²) in [4.78, 5) is 0. The maximum absolute atomic E-state index is 9.51. The van der Waals surface area contributed by atoms with E-state index in [9.17, 15) is 5.11 Å². The van der Waals surface area contributed by atoms with Crippen LogP contribution >= 0.6 is 0 Å². The predicted molar refractivity (Wildman–Crippen MR) is 69.0 cm³/mol. The van der Waals surface area contributed by atoms with Gasteiger partial charge in [0.05, 0.1) is 6.61 Å². The van der Waals surface area contributed by atoms with Crippen LogP contribution in [0.1, 0.15) is 43.7 Å². The van der Waals surface area contributed by atoms with E-state index in [-0.39, 0.29) is 11.0 Å². The number of nitrogens with one attached hydrogen (secondary N) is 1. The average Bonchev–Trinajstić information content (AvgIpc) is 3.06. The first-order chi connectivity index (χ1) is 8.19. The molecule has 0 amide bonds. The van der Waals surface area contributed by atoms with Crippen molar-refractivity contribution in [3.63, 3.8) is 0 Å². The van der Waals surface area contributed by atoms with Crippen molar-refractivity contribution in [2.75, 3.05) is 13.2 Å². The summed E-state index contributed by atoms with van der Waals surface area (Å²) < 4.78 is 0. The Bertz CT molecular complexity index is 417. The fourth-order valence-corrected chi connectivity index (χ4v) is 3.02. The van der Waals surface area contributed by atoms with E-state index in [1.54, 1.807) is 0 Å². The highest BCUT2D eigenvalue weighted by molar-refractivity contribution is 5.37. The second-order valence-electron chi connectivity index (χ2n) is 5.88. The number of aliphatic hydroxyl groups is 1. The third-order valence-electron chi connectivity index (χ3n) is 4.64. The molecule has 1 saturated heterocycles. The van der Waals surface area contributed by atoms with Crippen LogP contribution in [0.15, 0.2) is 24.3 Å². The Morgan fingerprint density at radius 3 is 2.59 bits per heavy atom. The highest BCUT2D eigenvalue weighted by Crippen LogP contribution is 2.48. The fourth-order valence-electron chi connectivity index (χ4n) is 3.02. The number of hydrogen-bond acceptors (Lipinski definition) is 2. The van der Waals surface area contributed by atoms with Gasteiger partial charge in [-0.2, -0.15) is 0 Å². The number of hydrogen-bond donors (Lipinski definition) is 2. The van der Waals surface area contributed by atoms with E-state index in [0.29, 0.717) is 6.61 Å². The van der Waals surface area contributed by atoms with Crippen LogP contribution < -0.4 is 5.32 Å². The van der Waals surface area contributed by atoms with Crippen molar-refractivity contribution in [1.82, 2.24) is 5.32 Å². The van der Waals surface area contributed by atoms with E-state index in [0.717, 1.165) is 19.4 Å². The van der Waals surface area contributed by atoms with E-state index in [2.05, 4.69) is 36.5 Å². The first-order valence-corrected chi connectivity index (χ1v) is 6.66. The molecule has 1 aliphatic carbocycles. The van der Waals surface area contributed by atoms with Crippen LogP contribution in [-0.4, -0.2) is 18.3 Å². The third-order valence-corrected chi connectivity index (χ3v) is 4.64. The number of rotatable bonds is 3. The maximum atomic E-state index is 9.51. The fraction of sp³-hybridized carbons (Fsp3) is 0.600. The lowest BCUT2D eigenvalue weighted by molar-refractivity contribution is 0.255. The molecule has 1 saturated carbocycles. The largest absolute Gasteiger partial charge is 0.395 e. The molecule has 1 aliphatic heterocycles. The van der Waals surface area contributed by atoms with Crippen molar-refractivity contribution >= 4 is 0 Å². The normalized spacial score (nSPS) is 30.5. The standard InChI is InChI=1S/C15H21NO/c1-14(6-3-9-16-14)12-4-2-5-13(10-12)15(11-17)7-8-15/h2,4-5,10,16-17H,3,6-9,11H2,1H3. The second kappa shape index (κ2) is 3.82. The van der Waals surface area contributed by atoms with Gasteiger partial charge in [-0.1, -0.05) is 24.3 Å². The maximum Gasteiger partial charge on any atom is 0.0527 e. The zero-order valence-corrected chi connectivity index (χ0v) is 10.5. The van der Waals surface area contributed by atoms with Gasteiger partial charge in [0.1, 0.15) is 0 Å². The van der Waals surface area contributed by atoms with Crippen LogP contribution in [-0.2, 0) is 11.0 Å². The zero-order chi connectivity index (χ0) is 11.9. The van der Waals surface area contributed by atoms with Crippen molar-refractivity contribution in [3.05, 3.63) is 35.4 Å². The Hall–Kier alpha value is -0.860. The van der Waals surface area contributed by atoms with Gasteiger partial charge in [0.15, 0.2) is 0 Å². The molecule has 0 spiro atoms. The van der Waals surface area contributed by atoms with Crippen LogP contribution in [0.3, 0.4) is 0 Å². The molecule has 2 heteroatoms. The van der Waals surface area contributed by atoms with Gasteiger partial charge >= 0.3 is 0 Å². The lowest BCUT2D eigenvalue weighted by Crippen LogP contribution is -2.33. The van der Waals surface area contributed by atoms with Gasteiger partial charge in [-0.15, -0.1) is 0 Å². The van der Waals surface area contributed by atoms with Crippen molar-refractivity contribution < 1.29 is 5.11 Å². The molecule has 0 radical (unpaired) electrons. The van der Waals surface area contributed by atoms with Gasteiger partial charge in [-0.3, -0.25) is 0 Å². The minimum Gasteiger partial charge on any atom is -0.395 e. The molecule has 2 nitrogen and oxygen atoms in total. The number of aliphatic hydroxyl groups excluding tert-OH is 1. The van der Waals surface area contributed by atoms with Crippen LogP contribution in [0.25, 0.3) is 0 Å². The second-order valence-corrected chi connectivity index (χ2v) is 5.88.